The fourth-order valence-corrected chi connectivity index (χ4v) is 3.93. The third kappa shape index (κ3) is 2.57. The number of carboxylic acid groups (broad SMARTS) is 1. The molecule has 0 bridgehead atoms. The van der Waals surface area contributed by atoms with Crippen LogP contribution in [0.15, 0.2) is 0 Å². The summed E-state index contributed by atoms with van der Waals surface area (Å²) < 4.78 is 0. The first kappa shape index (κ1) is 15.3. The molecule has 20 heavy (non-hydrogen) atoms. The van der Waals surface area contributed by atoms with E-state index in [2.05, 4.69) is 12.2 Å². The molecule has 2 N–H and O–H groups in total. The van der Waals surface area contributed by atoms with Crippen LogP contribution in [-0.4, -0.2) is 23.0 Å². The first-order valence-electron chi connectivity index (χ1n) is 7.99. The van der Waals surface area contributed by atoms with Gasteiger partial charge in [0.05, 0.1) is 5.41 Å². The van der Waals surface area contributed by atoms with Crippen LogP contribution in [0, 0.1) is 10.8 Å². The van der Waals surface area contributed by atoms with Gasteiger partial charge in [-0.1, -0.05) is 32.6 Å². The van der Waals surface area contributed by atoms with Crippen molar-refractivity contribution in [2.24, 2.45) is 10.8 Å². The van der Waals surface area contributed by atoms with Crippen molar-refractivity contribution in [2.45, 2.75) is 77.7 Å². The van der Waals surface area contributed by atoms with E-state index in [1.54, 1.807) is 6.92 Å². The maximum absolute atomic E-state index is 12.7. The van der Waals surface area contributed by atoms with Crippen LogP contribution in [0.2, 0.25) is 0 Å². The number of hydrogen-bond donors (Lipinski definition) is 2. The van der Waals surface area contributed by atoms with Gasteiger partial charge in [0.1, 0.15) is 0 Å². The molecule has 2 fully saturated rings. The molecule has 2 unspecified atom stereocenters. The molecular weight excluding hydrogens is 254 g/mol. The second-order valence-corrected chi connectivity index (χ2v) is 6.84. The smallest absolute Gasteiger partial charge is 0.311 e. The number of aliphatic carboxylic acids is 1. The molecule has 0 spiro atoms. The Morgan fingerprint density at radius 2 is 1.75 bits per heavy atom. The van der Waals surface area contributed by atoms with Gasteiger partial charge in [-0.15, -0.1) is 0 Å². The average molecular weight is 281 g/mol. The Labute approximate surface area is 121 Å². The Hall–Kier alpha value is -1.06. The monoisotopic (exact) mass is 281 g/mol. The Balaban J connectivity index is 2.11. The summed E-state index contributed by atoms with van der Waals surface area (Å²) in [6, 6.07) is -0.217. The largest absolute Gasteiger partial charge is 0.481 e. The molecule has 2 atom stereocenters. The van der Waals surface area contributed by atoms with Crippen LogP contribution in [0.5, 0.6) is 0 Å². The number of nitrogens with one attached hydrogen (secondary N) is 1. The van der Waals surface area contributed by atoms with Gasteiger partial charge in [0.25, 0.3) is 0 Å². The summed E-state index contributed by atoms with van der Waals surface area (Å²) in [4.78, 5) is 24.3. The average Bonchev–Trinajstić information content (AvgIpc) is 2.91. The highest BCUT2D eigenvalue weighted by Crippen LogP contribution is 2.43. The third-order valence-corrected chi connectivity index (χ3v) is 5.72. The molecule has 4 nitrogen and oxygen atoms in total. The van der Waals surface area contributed by atoms with E-state index in [0.29, 0.717) is 6.42 Å². The van der Waals surface area contributed by atoms with E-state index in [-0.39, 0.29) is 17.4 Å². The minimum Gasteiger partial charge on any atom is -0.481 e. The molecule has 0 heterocycles. The van der Waals surface area contributed by atoms with E-state index in [4.69, 9.17) is 0 Å². The first-order valence-corrected chi connectivity index (χ1v) is 7.99. The molecule has 2 saturated carbocycles. The lowest BCUT2D eigenvalue weighted by molar-refractivity contribution is -0.152. The summed E-state index contributed by atoms with van der Waals surface area (Å²) >= 11 is 0. The van der Waals surface area contributed by atoms with E-state index >= 15 is 0 Å². The van der Waals surface area contributed by atoms with Crippen molar-refractivity contribution in [1.29, 1.82) is 0 Å². The number of rotatable bonds is 4. The van der Waals surface area contributed by atoms with Crippen molar-refractivity contribution >= 4 is 11.9 Å². The highest BCUT2D eigenvalue weighted by atomic mass is 16.4. The molecule has 4 heteroatoms. The quantitative estimate of drug-likeness (QED) is 0.832. The minimum atomic E-state index is -0.804. The number of hydrogen-bond acceptors (Lipinski definition) is 2. The zero-order valence-corrected chi connectivity index (χ0v) is 12.7. The fraction of sp³-hybridized carbons (Fsp3) is 0.875. The van der Waals surface area contributed by atoms with Gasteiger partial charge in [-0.05, 0) is 39.0 Å². The minimum absolute atomic E-state index is 0.0943. The molecular formula is C16H27NO3. The zero-order valence-electron chi connectivity index (χ0n) is 12.7. The van der Waals surface area contributed by atoms with Gasteiger partial charge in [-0.2, -0.15) is 0 Å². The summed E-state index contributed by atoms with van der Waals surface area (Å²) in [7, 11) is 0. The van der Waals surface area contributed by atoms with Crippen molar-refractivity contribution in [1.82, 2.24) is 5.32 Å². The molecule has 114 valence electrons. The summed E-state index contributed by atoms with van der Waals surface area (Å²) in [5, 5.41) is 12.6. The Bertz CT molecular complexity index is 387. The van der Waals surface area contributed by atoms with Crippen LogP contribution in [-0.2, 0) is 9.59 Å². The van der Waals surface area contributed by atoms with Crippen LogP contribution >= 0.6 is 0 Å². The topological polar surface area (TPSA) is 66.4 Å². The van der Waals surface area contributed by atoms with E-state index < -0.39 is 11.4 Å². The first-order chi connectivity index (χ1) is 9.44. The van der Waals surface area contributed by atoms with Crippen molar-refractivity contribution in [3.05, 3.63) is 0 Å². The Kier molecular flexibility index (Phi) is 4.40. The predicted octanol–water partition coefficient (Wildman–Crippen LogP) is 3.11. The van der Waals surface area contributed by atoms with Crippen LogP contribution < -0.4 is 5.32 Å². The summed E-state index contributed by atoms with van der Waals surface area (Å²) in [5.41, 5.74) is -1.04. The van der Waals surface area contributed by atoms with Gasteiger partial charge in [-0.25, -0.2) is 0 Å². The highest BCUT2D eigenvalue weighted by molar-refractivity contribution is 5.84. The number of carbonyl (C=O) groups is 2. The molecule has 0 aromatic carbocycles. The lowest BCUT2D eigenvalue weighted by Crippen LogP contribution is -2.55. The second-order valence-electron chi connectivity index (χ2n) is 6.84. The molecule has 0 aromatic rings. The SMILES string of the molecule is CCC1(C(=O)NC2CCCCC2(C)C(=O)O)CCCC1. The molecule has 2 aliphatic rings. The van der Waals surface area contributed by atoms with Gasteiger partial charge in [0.15, 0.2) is 0 Å². The molecule has 2 aliphatic carbocycles. The Morgan fingerprint density at radius 3 is 2.30 bits per heavy atom. The van der Waals surface area contributed by atoms with Crippen molar-refractivity contribution in [2.75, 3.05) is 0 Å². The van der Waals surface area contributed by atoms with E-state index in [1.165, 1.54) is 0 Å². The van der Waals surface area contributed by atoms with Crippen molar-refractivity contribution in [3.8, 4) is 0 Å². The molecule has 0 aromatic heterocycles. The van der Waals surface area contributed by atoms with E-state index in [1.807, 2.05) is 0 Å². The molecule has 0 radical (unpaired) electrons. The standard InChI is InChI=1S/C16H27NO3/c1-3-16(10-6-7-11-16)13(18)17-12-8-4-5-9-15(12,2)14(19)20/h12H,3-11H2,1-2H3,(H,17,18)(H,19,20). The maximum Gasteiger partial charge on any atom is 0.311 e. The Morgan fingerprint density at radius 1 is 1.15 bits per heavy atom. The highest BCUT2D eigenvalue weighted by Gasteiger charge is 2.47. The fourth-order valence-electron chi connectivity index (χ4n) is 3.93. The lowest BCUT2D eigenvalue weighted by Gasteiger charge is -2.40. The van der Waals surface area contributed by atoms with Crippen LogP contribution in [0.25, 0.3) is 0 Å². The van der Waals surface area contributed by atoms with Gasteiger partial charge in [-0.3, -0.25) is 9.59 Å². The molecule has 1 amide bonds. The zero-order chi connectivity index (χ0) is 14.8. The van der Waals surface area contributed by atoms with Gasteiger partial charge >= 0.3 is 5.97 Å². The van der Waals surface area contributed by atoms with Crippen molar-refractivity contribution in [3.63, 3.8) is 0 Å². The van der Waals surface area contributed by atoms with E-state index in [0.717, 1.165) is 51.4 Å². The predicted molar refractivity (Wildman–Crippen MR) is 77.3 cm³/mol. The van der Waals surface area contributed by atoms with E-state index in [9.17, 15) is 14.7 Å². The summed E-state index contributed by atoms with van der Waals surface area (Å²) in [5.74, 6) is -0.684. The van der Waals surface area contributed by atoms with Crippen LogP contribution in [0.3, 0.4) is 0 Å². The van der Waals surface area contributed by atoms with Gasteiger partial charge in [0, 0.05) is 11.5 Å². The summed E-state index contributed by atoms with van der Waals surface area (Å²) in [6.45, 7) is 3.86. The van der Waals surface area contributed by atoms with Crippen LogP contribution in [0.1, 0.15) is 71.6 Å². The lowest BCUT2D eigenvalue weighted by atomic mass is 9.71. The second kappa shape index (κ2) is 5.74. The molecule has 2 rings (SSSR count). The third-order valence-electron chi connectivity index (χ3n) is 5.72. The van der Waals surface area contributed by atoms with Gasteiger partial charge < -0.3 is 10.4 Å². The molecule has 0 saturated heterocycles. The summed E-state index contributed by atoms with van der Waals surface area (Å²) in [6.07, 6.45) is 8.37. The number of carboxylic acids is 1. The normalized spacial score (nSPS) is 32.8. The van der Waals surface area contributed by atoms with Crippen LogP contribution in [0.4, 0.5) is 0 Å². The number of amides is 1. The number of carbonyl (C=O) groups excluding carboxylic acids is 1. The van der Waals surface area contributed by atoms with Gasteiger partial charge in [0.2, 0.25) is 5.91 Å². The maximum atomic E-state index is 12.7. The molecule has 0 aliphatic heterocycles. The van der Waals surface area contributed by atoms with Crippen molar-refractivity contribution < 1.29 is 14.7 Å².